The van der Waals surface area contributed by atoms with Crippen LogP contribution in [0.25, 0.3) is 5.69 Å². The molecule has 1 aliphatic rings. The Morgan fingerprint density at radius 1 is 1.43 bits per heavy atom. The smallest absolute Gasteiger partial charge is 0.138 e. The van der Waals surface area contributed by atoms with Crippen LogP contribution in [0.15, 0.2) is 30.9 Å². The van der Waals surface area contributed by atoms with E-state index in [1.807, 2.05) is 12.1 Å². The Kier molecular flexibility index (Phi) is 6.84. The van der Waals surface area contributed by atoms with Crippen LogP contribution in [0.3, 0.4) is 0 Å². The third-order valence-corrected chi connectivity index (χ3v) is 4.38. The van der Waals surface area contributed by atoms with Crippen molar-refractivity contribution in [2.24, 2.45) is 0 Å². The van der Waals surface area contributed by atoms with Crippen LogP contribution in [-0.2, 0) is 6.54 Å². The maximum absolute atomic E-state index is 6.17. The summed E-state index contributed by atoms with van der Waals surface area (Å²) in [6.07, 6.45) is 5.64. The lowest BCUT2D eigenvalue weighted by molar-refractivity contribution is 0.199. The molecule has 0 bridgehead atoms. The second-order valence-corrected chi connectivity index (χ2v) is 6.17. The van der Waals surface area contributed by atoms with Crippen molar-refractivity contribution in [3.8, 4) is 5.69 Å². The van der Waals surface area contributed by atoms with E-state index in [-0.39, 0.29) is 12.4 Å². The number of nitrogens with one attached hydrogen (secondary N) is 1. The van der Waals surface area contributed by atoms with Crippen LogP contribution in [0, 0.1) is 0 Å². The van der Waals surface area contributed by atoms with Crippen molar-refractivity contribution >= 4 is 24.0 Å². The molecular formula is C16H23Cl2N5. The average molecular weight is 356 g/mol. The van der Waals surface area contributed by atoms with Crippen LogP contribution in [0.2, 0.25) is 5.02 Å². The highest BCUT2D eigenvalue weighted by molar-refractivity contribution is 6.30. The van der Waals surface area contributed by atoms with E-state index in [1.54, 1.807) is 17.3 Å². The van der Waals surface area contributed by atoms with E-state index in [4.69, 9.17) is 11.6 Å². The molecule has 3 rings (SSSR count). The molecule has 0 aliphatic carbocycles. The Morgan fingerprint density at radius 2 is 2.30 bits per heavy atom. The number of hydrogen-bond acceptors (Lipinski definition) is 4. The number of hydrogen-bond donors (Lipinski definition) is 1. The zero-order valence-electron chi connectivity index (χ0n) is 13.3. The fourth-order valence-corrected chi connectivity index (χ4v) is 3.23. The van der Waals surface area contributed by atoms with Crippen molar-refractivity contribution in [3.63, 3.8) is 0 Å². The van der Waals surface area contributed by atoms with Crippen molar-refractivity contribution < 1.29 is 0 Å². The lowest BCUT2D eigenvalue weighted by Crippen LogP contribution is -2.37. The van der Waals surface area contributed by atoms with E-state index < -0.39 is 0 Å². The number of nitrogens with zero attached hydrogens (tertiary/aromatic N) is 4. The van der Waals surface area contributed by atoms with Gasteiger partial charge in [0.05, 0.1) is 5.69 Å². The van der Waals surface area contributed by atoms with Crippen LogP contribution in [0.4, 0.5) is 0 Å². The van der Waals surface area contributed by atoms with Crippen molar-refractivity contribution in [2.45, 2.75) is 32.4 Å². The van der Waals surface area contributed by atoms with Gasteiger partial charge in [0.2, 0.25) is 0 Å². The van der Waals surface area contributed by atoms with Crippen molar-refractivity contribution in [3.05, 3.63) is 41.4 Å². The Hall–Kier alpha value is -1.14. The largest absolute Gasteiger partial charge is 0.315 e. The molecule has 1 saturated heterocycles. The van der Waals surface area contributed by atoms with E-state index in [9.17, 15) is 0 Å². The van der Waals surface area contributed by atoms with Gasteiger partial charge in [0.15, 0.2) is 0 Å². The first-order valence-electron chi connectivity index (χ1n) is 7.86. The molecule has 2 heterocycles. The molecule has 0 spiro atoms. The highest BCUT2D eigenvalue weighted by atomic mass is 35.5. The normalized spacial score (nSPS) is 17.4. The maximum atomic E-state index is 6.17. The first kappa shape index (κ1) is 18.2. The number of aromatic nitrogens is 3. The van der Waals surface area contributed by atoms with E-state index in [0.717, 1.165) is 43.3 Å². The predicted octanol–water partition coefficient (Wildman–Crippen LogP) is 2.92. The predicted molar refractivity (Wildman–Crippen MR) is 95.6 cm³/mol. The first-order valence-corrected chi connectivity index (χ1v) is 8.24. The molecule has 2 aromatic rings. The Balaban J connectivity index is 0.00000192. The van der Waals surface area contributed by atoms with Crippen LogP contribution in [0.1, 0.15) is 25.3 Å². The van der Waals surface area contributed by atoms with Gasteiger partial charge in [-0.05, 0) is 43.6 Å². The molecule has 1 aromatic heterocycles. The monoisotopic (exact) mass is 355 g/mol. The minimum absolute atomic E-state index is 0. The summed E-state index contributed by atoms with van der Waals surface area (Å²) in [5.74, 6) is 0. The highest BCUT2D eigenvalue weighted by Gasteiger charge is 2.22. The SMILES string of the molecule is CCCN(Cc1ccc(Cl)cc1-n1cncn1)C1CCNC1.Cl. The summed E-state index contributed by atoms with van der Waals surface area (Å²) in [6, 6.07) is 6.63. The van der Waals surface area contributed by atoms with Crippen LogP contribution >= 0.6 is 24.0 Å². The topological polar surface area (TPSA) is 46.0 Å². The van der Waals surface area contributed by atoms with Crippen molar-refractivity contribution in [1.29, 1.82) is 0 Å². The van der Waals surface area contributed by atoms with E-state index in [1.165, 1.54) is 12.0 Å². The molecule has 7 heteroatoms. The molecule has 0 saturated carbocycles. The lowest BCUT2D eigenvalue weighted by Gasteiger charge is -2.28. The second-order valence-electron chi connectivity index (χ2n) is 5.73. The Labute approximate surface area is 148 Å². The number of rotatable bonds is 6. The molecule has 1 unspecified atom stereocenters. The van der Waals surface area contributed by atoms with Gasteiger partial charge in [0.25, 0.3) is 0 Å². The molecule has 126 valence electrons. The molecule has 1 N–H and O–H groups in total. The summed E-state index contributed by atoms with van der Waals surface area (Å²) in [5.41, 5.74) is 2.24. The standard InChI is InChI=1S/C16H22ClN5.ClH/c1-2-7-21(15-5-6-18-9-15)10-13-3-4-14(17)8-16(13)22-12-19-11-20-22;/h3-4,8,11-12,15,18H,2,5-7,9-10H2,1H3;1H. The third kappa shape index (κ3) is 4.44. The minimum Gasteiger partial charge on any atom is -0.315 e. The molecule has 23 heavy (non-hydrogen) atoms. The highest BCUT2D eigenvalue weighted by Crippen LogP contribution is 2.22. The quantitative estimate of drug-likeness (QED) is 0.865. The molecule has 1 aliphatic heterocycles. The average Bonchev–Trinajstić information content (AvgIpc) is 3.22. The van der Waals surface area contributed by atoms with Crippen molar-refractivity contribution in [2.75, 3.05) is 19.6 Å². The molecule has 0 radical (unpaired) electrons. The van der Waals surface area contributed by atoms with Gasteiger partial charge in [0.1, 0.15) is 12.7 Å². The van der Waals surface area contributed by atoms with Gasteiger partial charge in [-0.3, -0.25) is 4.90 Å². The molecule has 1 atom stereocenters. The summed E-state index contributed by atoms with van der Waals surface area (Å²) >= 11 is 6.17. The van der Waals surface area contributed by atoms with Gasteiger partial charge >= 0.3 is 0 Å². The Bertz CT molecular complexity index is 597. The van der Waals surface area contributed by atoms with Crippen LogP contribution < -0.4 is 5.32 Å². The fourth-order valence-electron chi connectivity index (χ4n) is 3.06. The van der Waals surface area contributed by atoms with E-state index in [2.05, 4.69) is 33.3 Å². The zero-order valence-corrected chi connectivity index (χ0v) is 14.9. The maximum Gasteiger partial charge on any atom is 0.138 e. The fraction of sp³-hybridized carbons (Fsp3) is 0.500. The number of halogens is 2. The summed E-state index contributed by atoms with van der Waals surface area (Å²) in [7, 11) is 0. The van der Waals surface area contributed by atoms with Crippen molar-refractivity contribution in [1.82, 2.24) is 25.0 Å². The van der Waals surface area contributed by atoms with Gasteiger partial charge in [0, 0.05) is 24.2 Å². The first-order chi connectivity index (χ1) is 10.8. The zero-order chi connectivity index (χ0) is 15.4. The lowest BCUT2D eigenvalue weighted by atomic mass is 10.1. The Morgan fingerprint density at radius 3 is 2.96 bits per heavy atom. The molecule has 5 nitrogen and oxygen atoms in total. The second kappa shape index (κ2) is 8.64. The van der Waals surface area contributed by atoms with Gasteiger partial charge < -0.3 is 5.32 Å². The van der Waals surface area contributed by atoms with E-state index >= 15 is 0 Å². The van der Waals surface area contributed by atoms with Gasteiger partial charge in [-0.25, -0.2) is 9.67 Å². The summed E-state index contributed by atoms with van der Waals surface area (Å²) in [5, 5.41) is 8.43. The number of benzene rings is 1. The summed E-state index contributed by atoms with van der Waals surface area (Å²) < 4.78 is 1.79. The van der Waals surface area contributed by atoms with Gasteiger partial charge in [-0.2, -0.15) is 5.10 Å². The van der Waals surface area contributed by atoms with Crippen LogP contribution in [-0.4, -0.2) is 45.3 Å². The third-order valence-electron chi connectivity index (χ3n) is 4.15. The summed E-state index contributed by atoms with van der Waals surface area (Å²) in [6.45, 7) is 6.43. The van der Waals surface area contributed by atoms with E-state index in [0.29, 0.717) is 6.04 Å². The summed E-state index contributed by atoms with van der Waals surface area (Å²) in [4.78, 5) is 6.61. The molecular weight excluding hydrogens is 333 g/mol. The molecule has 1 aromatic carbocycles. The van der Waals surface area contributed by atoms with Gasteiger partial charge in [-0.15, -0.1) is 12.4 Å². The molecule has 1 fully saturated rings. The molecule has 0 amide bonds. The van der Waals surface area contributed by atoms with Crippen LogP contribution in [0.5, 0.6) is 0 Å². The minimum atomic E-state index is 0. The van der Waals surface area contributed by atoms with Gasteiger partial charge in [-0.1, -0.05) is 24.6 Å².